The third-order valence-corrected chi connectivity index (χ3v) is 6.20. The molecule has 158 valence electrons. The summed E-state index contributed by atoms with van der Waals surface area (Å²) in [6.07, 6.45) is 1.33. The van der Waals surface area contributed by atoms with E-state index in [9.17, 15) is 4.79 Å². The van der Waals surface area contributed by atoms with E-state index in [1.54, 1.807) is 0 Å². The van der Waals surface area contributed by atoms with Crippen LogP contribution in [0.4, 0.5) is 5.82 Å². The van der Waals surface area contributed by atoms with Gasteiger partial charge in [-0.05, 0) is 41.5 Å². The Morgan fingerprint density at radius 3 is 2.63 bits per heavy atom. The van der Waals surface area contributed by atoms with Crippen molar-refractivity contribution in [1.82, 2.24) is 25.0 Å². The van der Waals surface area contributed by atoms with E-state index in [2.05, 4.69) is 53.2 Å². The fraction of sp³-hybridized carbons (Fsp3) is 0.409. The lowest BCUT2D eigenvalue weighted by Gasteiger charge is -2.33. The summed E-state index contributed by atoms with van der Waals surface area (Å²) >= 11 is 3.61. The molecule has 1 aromatic carbocycles. The number of hydrogen-bond acceptors (Lipinski definition) is 5. The zero-order valence-electron chi connectivity index (χ0n) is 17.2. The number of carbonyl (C=O) groups excluding carboxylic acids is 1. The average molecular weight is 471 g/mol. The average Bonchev–Trinajstić information content (AvgIpc) is 3.15. The van der Waals surface area contributed by atoms with E-state index >= 15 is 0 Å². The van der Waals surface area contributed by atoms with Crippen molar-refractivity contribution < 1.29 is 4.79 Å². The lowest BCUT2D eigenvalue weighted by atomic mass is 10.1. The number of hydrogen-bond donors (Lipinski definition) is 2. The number of nitrogens with zero attached hydrogens (tertiary/aromatic N) is 4. The predicted octanol–water partition coefficient (Wildman–Crippen LogP) is 3.74. The first-order valence-corrected chi connectivity index (χ1v) is 11.3. The first kappa shape index (κ1) is 21.0. The van der Waals surface area contributed by atoms with Crippen LogP contribution in [0.2, 0.25) is 0 Å². The molecule has 0 aliphatic carbocycles. The number of likely N-dealkylation sites (N-methyl/N-ethyl adjacent to an activating group) is 1. The number of nitrogens with one attached hydrogen (secondary N) is 2. The highest BCUT2D eigenvalue weighted by Crippen LogP contribution is 2.31. The van der Waals surface area contributed by atoms with Gasteiger partial charge in [-0.3, -0.25) is 9.89 Å². The number of anilines is 1. The molecule has 0 atom stereocenters. The molecule has 1 saturated heterocycles. The number of amides is 1. The van der Waals surface area contributed by atoms with Crippen molar-refractivity contribution in [3.8, 4) is 11.3 Å². The minimum Gasteiger partial charge on any atom is -0.309 e. The van der Waals surface area contributed by atoms with Crippen LogP contribution >= 0.6 is 15.9 Å². The molecule has 2 aromatic heterocycles. The minimum atomic E-state index is -0.0150. The number of fused-ring (bicyclic) bond motifs is 1. The van der Waals surface area contributed by atoms with Gasteiger partial charge in [0.1, 0.15) is 0 Å². The zero-order chi connectivity index (χ0) is 20.9. The fourth-order valence-corrected chi connectivity index (χ4v) is 4.35. The van der Waals surface area contributed by atoms with Crippen molar-refractivity contribution in [2.24, 2.45) is 0 Å². The van der Waals surface area contributed by atoms with Gasteiger partial charge in [0.25, 0.3) is 0 Å². The van der Waals surface area contributed by atoms with Gasteiger partial charge in [0.2, 0.25) is 5.91 Å². The van der Waals surface area contributed by atoms with Crippen LogP contribution in [0.15, 0.2) is 40.9 Å². The minimum absolute atomic E-state index is 0.0150. The quantitative estimate of drug-likeness (QED) is 0.549. The van der Waals surface area contributed by atoms with E-state index in [4.69, 9.17) is 0 Å². The van der Waals surface area contributed by atoms with E-state index in [0.717, 1.165) is 66.8 Å². The molecular weight excluding hydrogens is 444 g/mol. The molecular formula is C22H27BrN6O. The number of piperazine rings is 1. The summed E-state index contributed by atoms with van der Waals surface area (Å²) in [5.41, 5.74) is 2.51. The SMILES string of the molecule is CCN1CCN(CCCC(=O)Nc2n[nH]c3nc(-c4ccccc4)c(Br)cc23)CC1. The molecule has 0 saturated carbocycles. The molecule has 8 heteroatoms. The number of H-pyrrole nitrogens is 1. The van der Waals surface area contributed by atoms with Gasteiger partial charge in [0.05, 0.1) is 11.1 Å². The normalized spacial score (nSPS) is 15.5. The van der Waals surface area contributed by atoms with Crippen molar-refractivity contribution in [2.45, 2.75) is 19.8 Å². The number of carbonyl (C=O) groups is 1. The first-order valence-electron chi connectivity index (χ1n) is 10.5. The Bertz CT molecular complexity index is 998. The number of halogens is 1. The molecule has 1 amide bonds. The highest BCUT2D eigenvalue weighted by Gasteiger charge is 2.17. The molecule has 0 spiro atoms. The third kappa shape index (κ3) is 4.88. The highest BCUT2D eigenvalue weighted by atomic mass is 79.9. The van der Waals surface area contributed by atoms with E-state index in [0.29, 0.717) is 17.9 Å². The smallest absolute Gasteiger partial charge is 0.225 e. The Hall–Kier alpha value is -2.29. The molecule has 0 bridgehead atoms. The number of aromatic nitrogens is 3. The van der Waals surface area contributed by atoms with E-state index < -0.39 is 0 Å². The molecule has 2 N–H and O–H groups in total. The van der Waals surface area contributed by atoms with Gasteiger partial charge >= 0.3 is 0 Å². The van der Waals surface area contributed by atoms with Crippen LogP contribution in [-0.2, 0) is 4.79 Å². The molecule has 3 heterocycles. The number of rotatable bonds is 7. The maximum absolute atomic E-state index is 12.4. The largest absolute Gasteiger partial charge is 0.309 e. The Balaban J connectivity index is 1.35. The van der Waals surface area contributed by atoms with E-state index in [1.807, 2.05) is 36.4 Å². The van der Waals surface area contributed by atoms with Gasteiger partial charge < -0.3 is 15.1 Å². The van der Waals surface area contributed by atoms with Crippen LogP contribution in [0.5, 0.6) is 0 Å². The second-order valence-electron chi connectivity index (χ2n) is 7.58. The monoisotopic (exact) mass is 470 g/mol. The van der Waals surface area contributed by atoms with Crippen molar-refractivity contribution in [2.75, 3.05) is 44.6 Å². The maximum Gasteiger partial charge on any atom is 0.225 e. The molecule has 1 aliphatic heterocycles. The number of pyridine rings is 1. The fourth-order valence-electron chi connectivity index (χ4n) is 3.80. The first-order chi connectivity index (χ1) is 14.6. The zero-order valence-corrected chi connectivity index (χ0v) is 18.8. The van der Waals surface area contributed by atoms with Crippen LogP contribution in [0.1, 0.15) is 19.8 Å². The van der Waals surface area contributed by atoms with Gasteiger partial charge in [0, 0.05) is 42.6 Å². The Morgan fingerprint density at radius 1 is 1.17 bits per heavy atom. The van der Waals surface area contributed by atoms with Crippen molar-refractivity contribution in [3.63, 3.8) is 0 Å². The molecule has 3 aromatic rings. The standard InChI is InChI=1S/C22H27BrN6O/c1-2-28-11-13-29(14-12-28)10-6-9-19(30)24-21-17-15-18(23)20(25-22(17)27-26-21)16-7-4-3-5-8-16/h3-5,7-8,15H,2,6,9-14H2,1H3,(H2,24,25,26,27,30). The van der Waals surface area contributed by atoms with Crippen LogP contribution < -0.4 is 5.32 Å². The third-order valence-electron chi connectivity index (χ3n) is 5.60. The van der Waals surface area contributed by atoms with Crippen molar-refractivity contribution in [1.29, 1.82) is 0 Å². The van der Waals surface area contributed by atoms with Crippen LogP contribution in [0.25, 0.3) is 22.3 Å². The summed E-state index contributed by atoms with van der Waals surface area (Å²) < 4.78 is 0.865. The Kier molecular flexibility index (Phi) is 6.76. The Morgan fingerprint density at radius 2 is 1.90 bits per heavy atom. The van der Waals surface area contributed by atoms with Crippen LogP contribution in [-0.4, -0.2) is 70.2 Å². The second kappa shape index (κ2) is 9.68. The second-order valence-corrected chi connectivity index (χ2v) is 8.44. The van der Waals surface area contributed by atoms with Gasteiger partial charge in [-0.2, -0.15) is 5.10 Å². The van der Waals surface area contributed by atoms with Crippen LogP contribution in [0, 0.1) is 0 Å². The van der Waals surface area contributed by atoms with Crippen molar-refractivity contribution >= 4 is 38.7 Å². The molecule has 7 nitrogen and oxygen atoms in total. The van der Waals surface area contributed by atoms with Gasteiger partial charge in [-0.15, -0.1) is 0 Å². The lowest BCUT2D eigenvalue weighted by Crippen LogP contribution is -2.46. The Labute approximate surface area is 185 Å². The summed E-state index contributed by atoms with van der Waals surface area (Å²) in [5.74, 6) is 0.512. The topological polar surface area (TPSA) is 77.1 Å². The lowest BCUT2D eigenvalue weighted by molar-refractivity contribution is -0.116. The van der Waals surface area contributed by atoms with Gasteiger partial charge in [0.15, 0.2) is 11.5 Å². The summed E-state index contributed by atoms with van der Waals surface area (Å²) in [6, 6.07) is 11.9. The van der Waals surface area contributed by atoms with Crippen LogP contribution in [0.3, 0.4) is 0 Å². The number of benzene rings is 1. The van der Waals surface area contributed by atoms with Gasteiger partial charge in [-0.25, -0.2) is 4.98 Å². The van der Waals surface area contributed by atoms with Gasteiger partial charge in [-0.1, -0.05) is 37.3 Å². The number of aromatic amines is 1. The summed E-state index contributed by atoms with van der Waals surface area (Å²) in [6.45, 7) is 8.69. The predicted molar refractivity (Wildman–Crippen MR) is 123 cm³/mol. The van der Waals surface area contributed by atoms with Crippen molar-refractivity contribution in [3.05, 3.63) is 40.9 Å². The molecule has 1 fully saturated rings. The van der Waals surface area contributed by atoms with E-state index in [-0.39, 0.29) is 5.91 Å². The molecule has 30 heavy (non-hydrogen) atoms. The highest BCUT2D eigenvalue weighted by molar-refractivity contribution is 9.10. The molecule has 0 radical (unpaired) electrons. The summed E-state index contributed by atoms with van der Waals surface area (Å²) in [7, 11) is 0. The summed E-state index contributed by atoms with van der Waals surface area (Å²) in [4.78, 5) is 22.0. The summed E-state index contributed by atoms with van der Waals surface area (Å²) in [5, 5.41) is 10.9. The van der Waals surface area contributed by atoms with E-state index in [1.165, 1.54) is 0 Å². The maximum atomic E-state index is 12.4. The molecule has 1 aliphatic rings. The molecule has 0 unspecified atom stereocenters. The molecule has 4 rings (SSSR count).